The number of rotatable bonds is 3. The fourth-order valence-electron chi connectivity index (χ4n) is 4.00. The Bertz CT molecular complexity index is 1230. The van der Waals surface area contributed by atoms with Gasteiger partial charge in [-0.1, -0.05) is 23.7 Å². The second-order valence-corrected chi connectivity index (χ2v) is 8.98. The van der Waals surface area contributed by atoms with E-state index in [1.807, 2.05) is 43.0 Å². The summed E-state index contributed by atoms with van der Waals surface area (Å²) in [5.74, 6) is 0.425. The summed E-state index contributed by atoms with van der Waals surface area (Å²) in [5, 5.41) is 5.79. The Balaban J connectivity index is 1.50. The van der Waals surface area contributed by atoms with Crippen LogP contribution in [0.3, 0.4) is 0 Å². The number of nitrogens with zero attached hydrogens (tertiary/aromatic N) is 5. The van der Waals surface area contributed by atoms with Crippen LogP contribution in [0.15, 0.2) is 42.5 Å². The number of fused-ring (bicyclic) bond motifs is 1. The second kappa shape index (κ2) is 7.49. The SMILES string of the molecule is Cc1cc(C)n(-c2ccc(Cl)c(C(=O)N3CCCC3c3nc4ccccc4s3)n2)n1. The third-order valence-corrected chi connectivity index (χ3v) is 6.81. The zero-order valence-corrected chi connectivity index (χ0v) is 18.2. The molecule has 1 aliphatic heterocycles. The summed E-state index contributed by atoms with van der Waals surface area (Å²) in [5.41, 5.74) is 3.08. The standard InChI is InChI=1S/C22H20ClN5OS/c1-13-12-14(2)28(26-13)19-10-9-15(23)20(25-19)22(29)27-11-5-7-17(27)21-24-16-6-3-4-8-18(16)30-21/h3-4,6,8-10,12,17H,5,7,11H2,1-2H3. The monoisotopic (exact) mass is 437 g/mol. The molecule has 5 rings (SSSR count). The van der Waals surface area contributed by atoms with Gasteiger partial charge in [0.05, 0.1) is 27.0 Å². The average molecular weight is 438 g/mol. The van der Waals surface area contributed by atoms with E-state index in [0.717, 1.165) is 39.5 Å². The van der Waals surface area contributed by atoms with Crippen LogP contribution in [0, 0.1) is 13.8 Å². The van der Waals surface area contributed by atoms with E-state index in [9.17, 15) is 4.79 Å². The Morgan fingerprint density at radius 2 is 2.00 bits per heavy atom. The quantitative estimate of drug-likeness (QED) is 0.446. The van der Waals surface area contributed by atoms with Crippen molar-refractivity contribution in [1.82, 2.24) is 24.6 Å². The molecule has 1 aliphatic rings. The number of aryl methyl sites for hydroxylation is 2. The maximum Gasteiger partial charge on any atom is 0.274 e. The molecule has 0 N–H and O–H groups in total. The van der Waals surface area contributed by atoms with E-state index in [1.54, 1.807) is 28.2 Å². The molecule has 1 unspecified atom stereocenters. The highest BCUT2D eigenvalue weighted by Crippen LogP contribution is 2.37. The molecular weight excluding hydrogens is 418 g/mol. The Labute approximate surface area is 183 Å². The zero-order valence-electron chi connectivity index (χ0n) is 16.7. The number of hydrogen-bond donors (Lipinski definition) is 0. The molecule has 4 heterocycles. The first-order valence-electron chi connectivity index (χ1n) is 9.88. The highest BCUT2D eigenvalue weighted by molar-refractivity contribution is 7.18. The van der Waals surface area contributed by atoms with E-state index >= 15 is 0 Å². The molecule has 1 fully saturated rings. The number of benzene rings is 1. The predicted molar refractivity (Wildman–Crippen MR) is 118 cm³/mol. The number of para-hydroxylation sites is 1. The van der Waals surface area contributed by atoms with Crippen LogP contribution in [0.2, 0.25) is 5.02 Å². The Kier molecular flexibility index (Phi) is 4.79. The van der Waals surface area contributed by atoms with Gasteiger partial charge in [0, 0.05) is 12.2 Å². The highest BCUT2D eigenvalue weighted by Gasteiger charge is 2.34. The smallest absolute Gasteiger partial charge is 0.274 e. The number of halogens is 1. The van der Waals surface area contributed by atoms with Crippen molar-refractivity contribution in [2.45, 2.75) is 32.7 Å². The van der Waals surface area contributed by atoms with Crippen LogP contribution in [0.4, 0.5) is 0 Å². The maximum absolute atomic E-state index is 13.5. The van der Waals surface area contributed by atoms with E-state index in [4.69, 9.17) is 16.6 Å². The number of likely N-dealkylation sites (tertiary alicyclic amines) is 1. The Morgan fingerprint density at radius 1 is 1.17 bits per heavy atom. The fourth-order valence-corrected chi connectivity index (χ4v) is 5.30. The van der Waals surface area contributed by atoms with Gasteiger partial charge in [-0.25, -0.2) is 14.6 Å². The summed E-state index contributed by atoms with van der Waals surface area (Å²) in [6.45, 7) is 4.56. The van der Waals surface area contributed by atoms with Crippen molar-refractivity contribution in [3.05, 3.63) is 69.6 Å². The van der Waals surface area contributed by atoms with Crippen LogP contribution in [-0.2, 0) is 0 Å². The topological polar surface area (TPSA) is 63.9 Å². The number of pyridine rings is 1. The van der Waals surface area contributed by atoms with Gasteiger partial charge in [-0.05, 0) is 57.0 Å². The van der Waals surface area contributed by atoms with Gasteiger partial charge in [0.2, 0.25) is 0 Å². The molecule has 0 saturated carbocycles. The molecule has 0 aliphatic carbocycles. The van der Waals surface area contributed by atoms with Gasteiger partial charge < -0.3 is 4.90 Å². The molecule has 1 aromatic carbocycles. The zero-order chi connectivity index (χ0) is 20.8. The summed E-state index contributed by atoms with van der Waals surface area (Å²) in [7, 11) is 0. The first kappa shape index (κ1) is 19.2. The number of thiazole rings is 1. The van der Waals surface area contributed by atoms with Crippen molar-refractivity contribution in [2.75, 3.05) is 6.54 Å². The first-order chi connectivity index (χ1) is 14.5. The summed E-state index contributed by atoms with van der Waals surface area (Å²) in [6.07, 6.45) is 1.82. The van der Waals surface area contributed by atoms with E-state index in [0.29, 0.717) is 17.4 Å². The summed E-state index contributed by atoms with van der Waals surface area (Å²) in [4.78, 5) is 24.7. The average Bonchev–Trinajstić information content (AvgIpc) is 3.45. The minimum absolute atomic E-state index is 0.0508. The molecule has 1 saturated heterocycles. The molecule has 6 nitrogen and oxygen atoms in total. The molecule has 0 spiro atoms. The lowest BCUT2D eigenvalue weighted by atomic mass is 10.2. The largest absolute Gasteiger partial charge is 0.328 e. The lowest BCUT2D eigenvalue weighted by Gasteiger charge is -2.23. The van der Waals surface area contributed by atoms with Gasteiger partial charge >= 0.3 is 0 Å². The van der Waals surface area contributed by atoms with Crippen LogP contribution in [0.5, 0.6) is 0 Å². The van der Waals surface area contributed by atoms with Crippen molar-refractivity contribution < 1.29 is 4.79 Å². The van der Waals surface area contributed by atoms with Crippen LogP contribution in [0.1, 0.15) is 45.8 Å². The highest BCUT2D eigenvalue weighted by atomic mass is 35.5. The van der Waals surface area contributed by atoms with Gasteiger partial charge in [-0.15, -0.1) is 11.3 Å². The van der Waals surface area contributed by atoms with Gasteiger partial charge in [-0.3, -0.25) is 4.79 Å². The minimum Gasteiger partial charge on any atom is -0.328 e. The van der Waals surface area contributed by atoms with Crippen LogP contribution in [-0.4, -0.2) is 37.1 Å². The molecule has 30 heavy (non-hydrogen) atoms. The molecule has 8 heteroatoms. The molecule has 1 amide bonds. The van der Waals surface area contributed by atoms with Crippen molar-refractivity contribution in [1.29, 1.82) is 0 Å². The number of aromatic nitrogens is 4. The Hall–Kier alpha value is -2.77. The minimum atomic E-state index is -0.162. The van der Waals surface area contributed by atoms with Gasteiger partial charge in [-0.2, -0.15) is 5.10 Å². The number of amides is 1. The van der Waals surface area contributed by atoms with Crippen LogP contribution in [0.25, 0.3) is 16.0 Å². The Morgan fingerprint density at radius 3 is 2.77 bits per heavy atom. The third kappa shape index (κ3) is 3.28. The number of carbonyl (C=O) groups excluding carboxylic acids is 1. The number of carbonyl (C=O) groups is 1. The lowest BCUT2D eigenvalue weighted by molar-refractivity contribution is 0.0729. The van der Waals surface area contributed by atoms with Gasteiger partial charge in [0.25, 0.3) is 5.91 Å². The molecule has 1 atom stereocenters. The van der Waals surface area contributed by atoms with E-state index < -0.39 is 0 Å². The molecule has 0 bridgehead atoms. The van der Waals surface area contributed by atoms with Crippen molar-refractivity contribution in [2.24, 2.45) is 0 Å². The third-order valence-electron chi connectivity index (χ3n) is 5.37. The molecule has 0 radical (unpaired) electrons. The van der Waals surface area contributed by atoms with E-state index in [-0.39, 0.29) is 17.6 Å². The van der Waals surface area contributed by atoms with Crippen molar-refractivity contribution in [3.8, 4) is 5.82 Å². The first-order valence-corrected chi connectivity index (χ1v) is 11.1. The molecule has 3 aromatic heterocycles. The van der Waals surface area contributed by atoms with E-state index in [1.165, 1.54) is 0 Å². The van der Waals surface area contributed by atoms with Crippen LogP contribution < -0.4 is 0 Å². The fraction of sp³-hybridized carbons (Fsp3) is 0.273. The maximum atomic E-state index is 13.5. The van der Waals surface area contributed by atoms with E-state index in [2.05, 4.69) is 16.1 Å². The summed E-state index contributed by atoms with van der Waals surface area (Å²) in [6, 6.07) is 13.5. The molecule has 4 aromatic rings. The van der Waals surface area contributed by atoms with Crippen molar-refractivity contribution >= 4 is 39.1 Å². The second-order valence-electron chi connectivity index (χ2n) is 7.52. The molecular formula is C22H20ClN5OS. The number of hydrogen-bond acceptors (Lipinski definition) is 5. The summed E-state index contributed by atoms with van der Waals surface area (Å²) >= 11 is 8.05. The molecule has 152 valence electrons. The predicted octanol–water partition coefficient (Wildman–Crippen LogP) is 5.12. The van der Waals surface area contributed by atoms with Crippen LogP contribution >= 0.6 is 22.9 Å². The van der Waals surface area contributed by atoms with Gasteiger partial charge in [0.1, 0.15) is 10.7 Å². The van der Waals surface area contributed by atoms with Gasteiger partial charge in [0.15, 0.2) is 5.82 Å². The lowest BCUT2D eigenvalue weighted by Crippen LogP contribution is -2.31. The normalized spacial score (nSPS) is 16.5. The summed E-state index contributed by atoms with van der Waals surface area (Å²) < 4.78 is 2.87. The van der Waals surface area contributed by atoms with Crippen molar-refractivity contribution in [3.63, 3.8) is 0 Å².